The van der Waals surface area contributed by atoms with Crippen LogP contribution in [0, 0.1) is 4.77 Å². The fourth-order valence-electron chi connectivity index (χ4n) is 2.95. The van der Waals surface area contributed by atoms with Crippen molar-refractivity contribution >= 4 is 33.8 Å². The number of methoxy groups -OCH3 is 1. The van der Waals surface area contributed by atoms with Gasteiger partial charge in [0.15, 0.2) is 0 Å². The number of nitrogens with zero attached hydrogens (tertiary/aromatic N) is 5. The van der Waals surface area contributed by atoms with Crippen LogP contribution in [0.15, 0.2) is 54.9 Å². The number of benzene rings is 2. The van der Waals surface area contributed by atoms with E-state index in [1.165, 1.54) is 4.70 Å². The zero-order valence-corrected chi connectivity index (χ0v) is 17.6. The summed E-state index contributed by atoms with van der Waals surface area (Å²) < 4.78 is 10.8. The van der Waals surface area contributed by atoms with Gasteiger partial charge in [0.25, 0.3) is 0 Å². The van der Waals surface area contributed by atoms with E-state index in [0.29, 0.717) is 11.4 Å². The monoisotopic (exact) mass is 411 g/mol. The second-order valence-electron chi connectivity index (χ2n) is 6.58. The van der Waals surface area contributed by atoms with Crippen molar-refractivity contribution in [1.29, 1.82) is 0 Å². The Morgan fingerprint density at radius 3 is 2.64 bits per heavy atom. The zero-order chi connectivity index (χ0) is 19.7. The van der Waals surface area contributed by atoms with Crippen molar-refractivity contribution in [3.05, 3.63) is 64.6 Å². The van der Waals surface area contributed by atoms with Crippen molar-refractivity contribution in [2.24, 2.45) is 0 Å². The fraction of sp³-hybridized carbons (Fsp3) is 0.250. The molecule has 0 unspecified atom stereocenters. The van der Waals surface area contributed by atoms with E-state index in [1.807, 2.05) is 45.6 Å². The van der Waals surface area contributed by atoms with Crippen LogP contribution >= 0.6 is 23.6 Å². The average molecular weight is 412 g/mol. The van der Waals surface area contributed by atoms with E-state index in [1.54, 1.807) is 24.8 Å². The maximum Gasteiger partial charge on any atom is 0.203 e. The molecule has 2 aromatic carbocycles. The van der Waals surface area contributed by atoms with Crippen LogP contribution in [0.5, 0.6) is 5.75 Å². The summed E-state index contributed by atoms with van der Waals surface area (Å²) in [5.74, 6) is 0.812. The third-order valence-corrected chi connectivity index (χ3v) is 6.38. The van der Waals surface area contributed by atoms with Crippen LogP contribution in [0.1, 0.15) is 18.0 Å². The number of para-hydroxylation sites is 1. The number of ether oxygens (including phenoxy) is 1. The minimum Gasteiger partial charge on any atom is -0.497 e. The summed E-state index contributed by atoms with van der Waals surface area (Å²) >= 11 is 7.36. The number of hydrogen-bond acceptors (Lipinski definition) is 6. The molecule has 8 heteroatoms. The molecule has 0 aliphatic heterocycles. The van der Waals surface area contributed by atoms with E-state index in [-0.39, 0.29) is 6.04 Å². The van der Waals surface area contributed by atoms with Gasteiger partial charge in [-0.15, -0.1) is 11.3 Å². The third-order valence-electron chi connectivity index (χ3n) is 4.77. The molecule has 28 heavy (non-hydrogen) atoms. The Morgan fingerprint density at radius 1 is 1.18 bits per heavy atom. The predicted octanol–water partition coefficient (Wildman–Crippen LogP) is 4.67. The van der Waals surface area contributed by atoms with E-state index in [4.69, 9.17) is 21.9 Å². The van der Waals surface area contributed by atoms with E-state index in [0.717, 1.165) is 22.0 Å². The number of fused-ring (bicyclic) bond motifs is 1. The highest BCUT2D eigenvalue weighted by atomic mass is 32.1. The SMILES string of the molecule is COc1ccc(-n2cnn(CN(C)[C@H](C)c3nc4ccccc4s3)c2=S)cc1. The number of hydrogen-bond donors (Lipinski definition) is 0. The van der Waals surface area contributed by atoms with Gasteiger partial charge >= 0.3 is 0 Å². The maximum atomic E-state index is 5.64. The van der Waals surface area contributed by atoms with Gasteiger partial charge in [-0.1, -0.05) is 12.1 Å². The van der Waals surface area contributed by atoms with Crippen LogP contribution in [0.2, 0.25) is 0 Å². The fourth-order valence-corrected chi connectivity index (χ4v) is 4.29. The van der Waals surface area contributed by atoms with Crippen LogP contribution in [-0.2, 0) is 6.67 Å². The predicted molar refractivity (Wildman–Crippen MR) is 115 cm³/mol. The largest absolute Gasteiger partial charge is 0.497 e. The molecule has 4 rings (SSSR count). The van der Waals surface area contributed by atoms with Gasteiger partial charge in [-0.3, -0.25) is 9.47 Å². The first-order valence-electron chi connectivity index (χ1n) is 8.91. The Hall–Kier alpha value is -2.55. The lowest BCUT2D eigenvalue weighted by Gasteiger charge is -2.22. The molecule has 6 nitrogen and oxygen atoms in total. The average Bonchev–Trinajstić information content (AvgIpc) is 3.31. The van der Waals surface area contributed by atoms with Crippen molar-refractivity contribution in [1.82, 2.24) is 24.2 Å². The molecule has 0 bridgehead atoms. The molecule has 144 valence electrons. The molecule has 2 heterocycles. The van der Waals surface area contributed by atoms with Gasteiger partial charge in [-0.2, -0.15) is 5.10 Å². The minimum atomic E-state index is 0.158. The van der Waals surface area contributed by atoms with E-state index in [9.17, 15) is 0 Å². The van der Waals surface area contributed by atoms with Crippen molar-refractivity contribution in [2.45, 2.75) is 19.6 Å². The summed E-state index contributed by atoms with van der Waals surface area (Å²) in [6, 6.07) is 16.1. The molecule has 0 spiro atoms. The van der Waals surface area contributed by atoms with Gasteiger partial charge in [0, 0.05) is 5.69 Å². The first-order chi connectivity index (χ1) is 13.6. The summed E-state index contributed by atoms with van der Waals surface area (Å²) in [5, 5.41) is 5.57. The van der Waals surface area contributed by atoms with Crippen molar-refractivity contribution in [3.8, 4) is 11.4 Å². The van der Waals surface area contributed by atoms with Crippen molar-refractivity contribution in [2.75, 3.05) is 14.2 Å². The molecular formula is C20H21N5OS2. The minimum absolute atomic E-state index is 0.158. The van der Waals surface area contributed by atoms with Crippen LogP contribution in [0.4, 0.5) is 0 Å². The maximum absolute atomic E-state index is 5.64. The van der Waals surface area contributed by atoms with Gasteiger partial charge in [-0.05, 0) is 62.6 Å². The van der Waals surface area contributed by atoms with Gasteiger partial charge in [0.1, 0.15) is 17.1 Å². The molecule has 0 radical (unpaired) electrons. The lowest BCUT2D eigenvalue weighted by atomic mass is 10.3. The number of thiazole rings is 1. The highest BCUT2D eigenvalue weighted by molar-refractivity contribution is 7.71. The molecule has 1 atom stereocenters. The Bertz CT molecular complexity index is 1110. The van der Waals surface area contributed by atoms with Crippen LogP contribution in [0.25, 0.3) is 15.9 Å². The molecular weight excluding hydrogens is 390 g/mol. The summed E-state index contributed by atoms with van der Waals surface area (Å²) in [7, 11) is 3.71. The molecule has 0 amide bonds. The van der Waals surface area contributed by atoms with Gasteiger partial charge < -0.3 is 4.74 Å². The van der Waals surface area contributed by atoms with E-state index >= 15 is 0 Å². The molecule has 0 fully saturated rings. The molecule has 0 saturated carbocycles. The Kier molecular flexibility index (Phi) is 5.25. The topological polar surface area (TPSA) is 48.1 Å². The quantitative estimate of drug-likeness (QED) is 0.432. The van der Waals surface area contributed by atoms with Crippen LogP contribution in [0.3, 0.4) is 0 Å². The summed E-state index contributed by atoms with van der Waals surface area (Å²) in [5.41, 5.74) is 2.00. The van der Waals surface area contributed by atoms with E-state index < -0.39 is 0 Å². The highest BCUT2D eigenvalue weighted by Crippen LogP contribution is 2.29. The Labute approximate surface area is 172 Å². The molecule has 2 aromatic heterocycles. The Morgan fingerprint density at radius 2 is 1.93 bits per heavy atom. The lowest BCUT2D eigenvalue weighted by molar-refractivity contribution is 0.194. The van der Waals surface area contributed by atoms with Crippen molar-refractivity contribution < 1.29 is 4.74 Å². The second-order valence-corrected chi connectivity index (χ2v) is 8.00. The van der Waals surface area contributed by atoms with Gasteiger partial charge in [0.05, 0.1) is 30.0 Å². The Balaban J connectivity index is 1.53. The molecule has 0 aliphatic carbocycles. The summed E-state index contributed by atoms with van der Waals surface area (Å²) in [6.45, 7) is 2.74. The van der Waals surface area contributed by atoms with Crippen molar-refractivity contribution in [3.63, 3.8) is 0 Å². The summed E-state index contributed by atoms with van der Waals surface area (Å²) in [6.07, 6.45) is 1.75. The third kappa shape index (κ3) is 3.58. The molecule has 4 aromatic rings. The molecule has 0 saturated heterocycles. The van der Waals surface area contributed by atoms with E-state index in [2.05, 4.69) is 36.1 Å². The first kappa shape index (κ1) is 18.8. The lowest BCUT2D eigenvalue weighted by Crippen LogP contribution is -2.26. The normalized spacial score (nSPS) is 12.6. The molecule has 0 N–H and O–H groups in total. The summed E-state index contributed by atoms with van der Waals surface area (Å²) in [4.78, 5) is 6.96. The highest BCUT2D eigenvalue weighted by Gasteiger charge is 2.17. The van der Waals surface area contributed by atoms with Crippen LogP contribution in [-0.4, -0.2) is 38.4 Å². The van der Waals surface area contributed by atoms with Gasteiger partial charge in [0.2, 0.25) is 4.77 Å². The smallest absolute Gasteiger partial charge is 0.203 e. The second kappa shape index (κ2) is 7.83. The van der Waals surface area contributed by atoms with Gasteiger partial charge in [-0.25, -0.2) is 9.67 Å². The number of rotatable bonds is 6. The van der Waals surface area contributed by atoms with Crippen LogP contribution < -0.4 is 4.74 Å². The first-order valence-corrected chi connectivity index (χ1v) is 10.1. The zero-order valence-electron chi connectivity index (χ0n) is 15.9. The standard InChI is InChI=1S/C20H21N5OS2/c1-14(19-22-17-6-4-5-7-18(17)28-19)23(2)13-25-20(27)24(12-21-25)15-8-10-16(26-3)11-9-15/h4-12,14H,13H2,1-3H3/t14-/m1/s1. The number of aromatic nitrogens is 4. The molecule has 0 aliphatic rings.